The van der Waals surface area contributed by atoms with Crippen LogP contribution in [0.2, 0.25) is 0 Å². The molecule has 5 rings (SSSR count). The highest BCUT2D eigenvalue weighted by Crippen LogP contribution is 2.33. The number of nitrogens with two attached hydrogens (primary N) is 1. The average molecular weight is 657 g/mol. The highest BCUT2D eigenvalue weighted by atomic mass is 35.5. The fourth-order valence-electron chi connectivity index (χ4n) is 4.20. The number of halogens is 3. The molecule has 14 heteroatoms. The number of benzene rings is 4. The van der Waals surface area contributed by atoms with Crippen molar-refractivity contribution in [3.8, 4) is 0 Å². The predicted molar refractivity (Wildman–Crippen MR) is 165 cm³/mol. The summed E-state index contributed by atoms with van der Waals surface area (Å²) in [5.41, 5.74) is 4.93. The highest BCUT2D eigenvalue weighted by Gasteiger charge is 2.26. The second-order valence-corrected chi connectivity index (χ2v) is 12.7. The van der Waals surface area contributed by atoms with E-state index in [1.165, 1.54) is 42.6 Å². The second kappa shape index (κ2) is 12.8. The Hall–Kier alpha value is -4.85. The molecule has 9 nitrogen and oxygen atoms in total. The van der Waals surface area contributed by atoms with Crippen LogP contribution in [-0.4, -0.2) is 27.6 Å². The molecule has 0 atom stereocenters. The van der Waals surface area contributed by atoms with Gasteiger partial charge in [0, 0.05) is 17.4 Å². The first-order valence-electron chi connectivity index (χ1n) is 12.5. The Morgan fingerprint density at radius 2 is 1.36 bits per heavy atom. The first kappa shape index (κ1) is 32.1. The van der Waals surface area contributed by atoms with Crippen molar-refractivity contribution in [2.75, 3.05) is 15.8 Å². The number of aromatic nitrogens is 1. The van der Waals surface area contributed by atoms with Gasteiger partial charge in [-0.15, -0.1) is 12.4 Å². The van der Waals surface area contributed by atoms with Crippen LogP contribution in [0.4, 0.5) is 31.7 Å². The van der Waals surface area contributed by atoms with Gasteiger partial charge in [-0.05, 0) is 66.7 Å². The Bertz CT molecular complexity index is 2060. The third kappa shape index (κ3) is 6.39. The smallest absolute Gasteiger partial charge is 0.261 e. The maximum Gasteiger partial charge on any atom is 0.261 e. The van der Waals surface area contributed by atoms with E-state index in [-0.39, 0.29) is 55.5 Å². The van der Waals surface area contributed by atoms with Crippen molar-refractivity contribution in [1.29, 1.82) is 0 Å². The minimum atomic E-state index is -4.33. The molecule has 0 aliphatic heterocycles. The highest BCUT2D eigenvalue weighted by molar-refractivity contribution is 7.92. The van der Waals surface area contributed by atoms with E-state index in [0.29, 0.717) is 0 Å². The molecule has 1 aromatic heterocycles. The lowest BCUT2D eigenvalue weighted by Gasteiger charge is -2.16. The van der Waals surface area contributed by atoms with E-state index in [2.05, 4.69) is 15.0 Å². The van der Waals surface area contributed by atoms with Crippen LogP contribution in [0.1, 0.15) is 15.9 Å². The van der Waals surface area contributed by atoms with Crippen LogP contribution < -0.4 is 15.8 Å². The number of nitrogens with one attached hydrogen (secondary N) is 2. The number of hydrogen-bond acceptors (Lipinski definition) is 8. The lowest BCUT2D eigenvalue weighted by molar-refractivity contribution is 0.103. The lowest BCUT2D eigenvalue weighted by atomic mass is 10.0. The van der Waals surface area contributed by atoms with Crippen molar-refractivity contribution in [2.24, 2.45) is 0 Å². The summed E-state index contributed by atoms with van der Waals surface area (Å²) in [4.78, 5) is 16.4. The summed E-state index contributed by atoms with van der Waals surface area (Å²) in [5, 5.41) is 2.88. The Labute approximate surface area is 258 Å². The van der Waals surface area contributed by atoms with Gasteiger partial charge in [0.15, 0.2) is 0 Å². The van der Waals surface area contributed by atoms with Crippen LogP contribution in [0.25, 0.3) is 0 Å². The van der Waals surface area contributed by atoms with E-state index in [4.69, 9.17) is 5.73 Å². The van der Waals surface area contributed by atoms with Gasteiger partial charge in [-0.1, -0.05) is 36.4 Å². The summed E-state index contributed by atoms with van der Waals surface area (Å²) in [6.45, 7) is 0. The van der Waals surface area contributed by atoms with Crippen LogP contribution >= 0.6 is 12.4 Å². The molecule has 0 fully saturated rings. The largest absolute Gasteiger partial charge is 0.398 e. The van der Waals surface area contributed by atoms with Crippen LogP contribution in [-0.2, 0) is 19.9 Å². The number of sulfonamides is 1. The number of hydrogen-bond donors (Lipinski definition) is 3. The Kier molecular flexibility index (Phi) is 9.33. The molecule has 226 valence electrons. The number of para-hydroxylation sites is 2. The molecule has 4 aromatic carbocycles. The van der Waals surface area contributed by atoms with Gasteiger partial charge in [0.1, 0.15) is 22.3 Å². The molecule has 0 aliphatic carbocycles. The molecule has 0 saturated carbocycles. The maximum atomic E-state index is 14.2. The monoisotopic (exact) mass is 656 g/mol. The first-order chi connectivity index (χ1) is 20.5. The van der Waals surface area contributed by atoms with Gasteiger partial charge in [-0.25, -0.2) is 30.6 Å². The zero-order chi connectivity index (χ0) is 30.8. The number of nitrogens with zero attached hydrogens (tertiary/aromatic N) is 1. The number of carbonyl (C=O) groups excluding carboxylic acids is 1. The van der Waals surface area contributed by atoms with E-state index < -0.39 is 42.8 Å². The molecule has 0 aliphatic rings. The van der Waals surface area contributed by atoms with Crippen LogP contribution in [0.3, 0.4) is 0 Å². The molecule has 0 amide bonds. The summed E-state index contributed by atoms with van der Waals surface area (Å²) in [6.07, 6.45) is 1.34. The molecule has 1 heterocycles. The van der Waals surface area contributed by atoms with Crippen molar-refractivity contribution >= 4 is 60.9 Å². The normalized spacial score (nSPS) is 11.3. The molecule has 0 radical (unpaired) electrons. The van der Waals surface area contributed by atoms with Crippen molar-refractivity contribution in [1.82, 2.24) is 4.98 Å². The average Bonchev–Trinajstić information content (AvgIpc) is 2.98. The Morgan fingerprint density at radius 1 is 0.727 bits per heavy atom. The third-order valence-corrected chi connectivity index (χ3v) is 9.47. The zero-order valence-corrected chi connectivity index (χ0v) is 24.9. The lowest BCUT2D eigenvalue weighted by Crippen LogP contribution is -2.14. The van der Waals surface area contributed by atoms with E-state index >= 15 is 0 Å². The summed E-state index contributed by atoms with van der Waals surface area (Å²) in [6, 6.07) is 22.8. The van der Waals surface area contributed by atoms with E-state index in [1.807, 2.05) is 0 Å². The van der Waals surface area contributed by atoms with Gasteiger partial charge in [0.05, 0.1) is 26.7 Å². The van der Waals surface area contributed by atoms with Crippen molar-refractivity contribution < 1.29 is 30.4 Å². The fourth-order valence-corrected chi connectivity index (χ4v) is 6.70. The summed E-state index contributed by atoms with van der Waals surface area (Å²) >= 11 is 0. The number of rotatable bonds is 9. The number of ketones is 1. The van der Waals surface area contributed by atoms with E-state index in [9.17, 15) is 30.4 Å². The van der Waals surface area contributed by atoms with E-state index in [0.717, 1.165) is 36.4 Å². The quantitative estimate of drug-likeness (QED) is 0.130. The van der Waals surface area contributed by atoms with E-state index in [1.54, 1.807) is 30.3 Å². The van der Waals surface area contributed by atoms with Gasteiger partial charge in [-0.2, -0.15) is 0 Å². The molecular weight excluding hydrogens is 634 g/mol. The van der Waals surface area contributed by atoms with Crippen molar-refractivity contribution in [2.45, 2.75) is 14.7 Å². The maximum absolute atomic E-state index is 14.2. The SMILES string of the molecule is Cl.Nc1cc(S(=O)(=O)c2cccnc2Nc2ccccc2NS(=O)(=O)c2ccccc2)ccc1C(=O)c1c(F)cccc1F. The number of carbonyl (C=O) groups is 1. The number of nitrogen functional groups attached to an aromatic ring is 1. The Balaban J connectivity index is 0.00000442. The van der Waals surface area contributed by atoms with Gasteiger partial charge >= 0.3 is 0 Å². The molecule has 5 aromatic rings. The topological polar surface area (TPSA) is 148 Å². The first-order valence-corrected chi connectivity index (χ1v) is 15.5. The van der Waals surface area contributed by atoms with Crippen LogP contribution in [0.5, 0.6) is 0 Å². The molecular formula is C30H23ClF2N4O5S2. The van der Waals surface area contributed by atoms with Crippen molar-refractivity contribution in [3.05, 3.63) is 132 Å². The minimum absolute atomic E-state index is 0. The zero-order valence-electron chi connectivity index (χ0n) is 22.4. The molecule has 4 N–H and O–H groups in total. The molecule has 0 spiro atoms. The predicted octanol–water partition coefficient (Wildman–Crippen LogP) is 5.97. The summed E-state index contributed by atoms with van der Waals surface area (Å²) < 4.78 is 84.1. The second-order valence-electron chi connectivity index (χ2n) is 9.12. The molecule has 0 saturated heterocycles. The summed E-state index contributed by atoms with van der Waals surface area (Å²) in [7, 11) is -8.30. The van der Waals surface area contributed by atoms with Gasteiger partial charge < -0.3 is 11.1 Å². The van der Waals surface area contributed by atoms with Crippen molar-refractivity contribution in [3.63, 3.8) is 0 Å². The standard InChI is InChI=1S/C30H22F2N4O5S2.ClH/c31-22-10-6-11-23(32)28(22)29(37)21-16-15-20(18-24(21)33)42(38,39)27-14-7-17-34-30(27)35-25-12-4-5-13-26(25)36-43(40,41)19-8-2-1-3-9-19;/h1-18,36H,33H2,(H,34,35);1H. The third-order valence-electron chi connectivity index (χ3n) is 6.31. The minimum Gasteiger partial charge on any atom is -0.398 e. The number of anilines is 4. The number of sulfone groups is 1. The van der Waals surface area contributed by atoms with Gasteiger partial charge in [0.2, 0.25) is 15.6 Å². The number of pyridine rings is 1. The summed E-state index contributed by atoms with van der Waals surface area (Å²) in [5.74, 6) is -3.34. The fraction of sp³-hybridized carbons (Fsp3) is 0. The van der Waals surface area contributed by atoms with Gasteiger partial charge in [-0.3, -0.25) is 9.52 Å². The Morgan fingerprint density at radius 3 is 2.02 bits per heavy atom. The van der Waals surface area contributed by atoms with Gasteiger partial charge in [0.25, 0.3) is 10.0 Å². The molecule has 44 heavy (non-hydrogen) atoms. The van der Waals surface area contributed by atoms with Crippen LogP contribution in [0.15, 0.2) is 124 Å². The molecule has 0 bridgehead atoms. The van der Waals surface area contributed by atoms with Crippen LogP contribution in [0, 0.1) is 11.6 Å². The molecule has 0 unspecified atom stereocenters.